The fraction of sp³-hybridized carbons (Fsp3) is 0. The second-order valence-electron chi connectivity index (χ2n) is 10.1. The summed E-state index contributed by atoms with van der Waals surface area (Å²) < 4.78 is 8.16. The molecule has 0 aliphatic heterocycles. The van der Waals surface area contributed by atoms with Crippen molar-refractivity contribution >= 4 is 87.1 Å². The van der Waals surface area contributed by atoms with Crippen LogP contribution in [0.25, 0.3) is 78.1 Å². The van der Waals surface area contributed by atoms with Gasteiger partial charge < -0.3 is 0 Å². The Bertz CT molecular complexity index is 2390. The molecule has 3 heterocycles. The van der Waals surface area contributed by atoms with Crippen molar-refractivity contribution in [3.63, 3.8) is 0 Å². The van der Waals surface area contributed by atoms with Gasteiger partial charge in [0.1, 0.15) is 0 Å². The van der Waals surface area contributed by atoms with E-state index in [1.807, 2.05) is 11.3 Å². The van der Waals surface area contributed by atoms with E-state index in [2.05, 4.69) is 132 Å². The van der Waals surface area contributed by atoms with Crippen LogP contribution in [0.5, 0.6) is 0 Å². The van der Waals surface area contributed by atoms with Gasteiger partial charge in [-0.15, -0.1) is 0 Å². The van der Waals surface area contributed by atoms with Crippen molar-refractivity contribution in [2.24, 2.45) is 0 Å². The quantitative estimate of drug-likeness (QED) is 0.180. The minimum absolute atomic E-state index is 0.235. The molecular weight excluding hydrogens is 557 g/mol. The van der Waals surface area contributed by atoms with E-state index >= 15 is 0 Å². The summed E-state index contributed by atoms with van der Waals surface area (Å²) in [6.45, 7) is 0. The van der Waals surface area contributed by atoms with Gasteiger partial charge in [-0.25, -0.2) is 0 Å². The monoisotopic (exact) mass is 579 g/mol. The summed E-state index contributed by atoms with van der Waals surface area (Å²) in [5.74, 6) is 0. The van der Waals surface area contributed by atoms with E-state index in [0.29, 0.717) is 0 Å². The molecule has 0 amide bonds. The summed E-state index contributed by atoms with van der Waals surface area (Å²) in [5, 5.41) is 8.14. The van der Waals surface area contributed by atoms with Crippen LogP contribution in [0.3, 0.4) is 0 Å². The molecule has 6 aromatic carbocycles. The Morgan fingerprint density at radius 3 is 2.15 bits per heavy atom. The molecule has 0 N–H and O–H groups in total. The third-order valence-electron chi connectivity index (χ3n) is 7.98. The van der Waals surface area contributed by atoms with E-state index in [9.17, 15) is 0 Å². The fourth-order valence-electron chi connectivity index (χ4n) is 6.29. The number of rotatable bonds is 2. The molecule has 9 rings (SSSR count). The van der Waals surface area contributed by atoms with E-state index in [4.69, 9.17) is 0 Å². The molecule has 3 aromatic heterocycles. The number of thiophene rings is 1. The molecule has 0 saturated carbocycles. The summed E-state index contributed by atoms with van der Waals surface area (Å²) >= 11 is 2.12. The first-order chi connectivity index (χ1) is 19.3. The fourth-order valence-corrected chi connectivity index (χ4v) is 9.98. The van der Waals surface area contributed by atoms with Crippen molar-refractivity contribution in [2.75, 3.05) is 0 Å². The third kappa shape index (κ3) is 3.07. The van der Waals surface area contributed by atoms with Crippen LogP contribution in [0, 0.1) is 0 Å². The summed E-state index contributed by atoms with van der Waals surface area (Å²) in [4.78, 5) is 0. The van der Waals surface area contributed by atoms with Crippen LogP contribution in [-0.2, 0) is 0 Å². The van der Waals surface area contributed by atoms with Crippen LogP contribution in [0.4, 0.5) is 0 Å². The Labute approximate surface area is 234 Å². The van der Waals surface area contributed by atoms with Crippen LogP contribution in [0.15, 0.2) is 127 Å². The summed E-state index contributed by atoms with van der Waals surface area (Å²) in [6.07, 6.45) is 0. The Kier molecular flexibility index (Phi) is 4.56. The zero-order valence-electron chi connectivity index (χ0n) is 20.9. The number of benzene rings is 6. The molecule has 0 aliphatic carbocycles. The third-order valence-corrected chi connectivity index (χ3v) is 11.7. The Morgan fingerprint density at radius 1 is 0.538 bits per heavy atom. The number of hydrogen-bond donors (Lipinski definition) is 0. The molecule has 0 saturated heterocycles. The van der Waals surface area contributed by atoms with E-state index in [1.165, 1.54) is 78.1 Å². The van der Waals surface area contributed by atoms with Crippen LogP contribution in [-0.4, -0.2) is 19.1 Å². The second kappa shape index (κ2) is 8.18. The number of fused-ring (bicyclic) bond motifs is 10. The molecule has 0 unspecified atom stereocenters. The van der Waals surface area contributed by atoms with Gasteiger partial charge in [0, 0.05) is 0 Å². The maximum atomic E-state index is 2.49. The molecule has 0 fully saturated rings. The SMILES string of the molecule is c1ccc(-n2c3ccccc3c3cc(-c4ccc5sc6ccccc6c5c4)c4[se]c5ccccc5c4c32)cc1. The number of aromatic nitrogens is 1. The summed E-state index contributed by atoms with van der Waals surface area (Å²) in [7, 11) is 0. The molecule has 0 bridgehead atoms. The predicted octanol–water partition coefficient (Wildman–Crippen LogP) is 10.2. The average molecular weight is 579 g/mol. The van der Waals surface area contributed by atoms with Crippen molar-refractivity contribution in [2.45, 2.75) is 0 Å². The molecule has 1 nitrogen and oxygen atoms in total. The van der Waals surface area contributed by atoms with E-state index in [-0.39, 0.29) is 14.5 Å². The van der Waals surface area contributed by atoms with Crippen molar-refractivity contribution in [1.29, 1.82) is 0 Å². The van der Waals surface area contributed by atoms with Crippen LogP contribution < -0.4 is 0 Å². The average Bonchev–Trinajstić information content (AvgIpc) is 3.66. The molecular formula is C36H21NSSe. The van der Waals surface area contributed by atoms with E-state index in [1.54, 1.807) is 0 Å². The second-order valence-corrected chi connectivity index (χ2v) is 13.4. The minimum atomic E-state index is 0.235. The van der Waals surface area contributed by atoms with Crippen LogP contribution in [0.2, 0.25) is 0 Å². The molecule has 3 heteroatoms. The normalized spacial score (nSPS) is 12.1. The number of nitrogens with zero attached hydrogens (tertiary/aromatic N) is 1. The van der Waals surface area contributed by atoms with E-state index in [0.717, 1.165) is 0 Å². The van der Waals surface area contributed by atoms with Crippen LogP contribution in [0.1, 0.15) is 0 Å². The van der Waals surface area contributed by atoms with Crippen LogP contribution >= 0.6 is 11.3 Å². The van der Waals surface area contributed by atoms with Gasteiger partial charge in [-0.1, -0.05) is 0 Å². The van der Waals surface area contributed by atoms with Gasteiger partial charge in [-0.2, -0.15) is 0 Å². The predicted molar refractivity (Wildman–Crippen MR) is 171 cm³/mol. The molecule has 0 spiro atoms. The van der Waals surface area contributed by atoms with Crippen molar-refractivity contribution in [1.82, 2.24) is 4.57 Å². The topological polar surface area (TPSA) is 4.93 Å². The standard InChI is InChI=1S/C36H21NSSe/c1-2-10-23(11-3-1)37-30-15-7-4-12-24(30)29-21-27(36-34(35(29)37)26-14-6-9-17-33(26)39-36)22-18-19-32-28(20-22)25-13-5-8-16-31(25)38-32/h1-21H. The number of para-hydroxylation sites is 2. The summed E-state index contributed by atoms with van der Waals surface area (Å²) in [5.41, 5.74) is 6.49. The van der Waals surface area contributed by atoms with Gasteiger partial charge in [0.05, 0.1) is 0 Å². The van der Waals surface area contributed by atoms with Crippen molar-refractivity contribution in [3.05, 3.63) is 127 Å². The van der Waals surface area contributed by atoms with Crippen molar-refractivity contribution in [3.8, 4) is 16.8 Å². The van der Waals surface area contributed by atoms with E-state index < -0.39 is 0 Å². The zero-order valence-corrected chi connectivity index (χ0v) is 23.4. The molecule has 0 atom stereocenters. The molecule has 39 heavy (non-hydrogen) atoms. The first kappa shape index (κ1) is 21.8. The molecule has 9 aromatic rings. The first-order valence-electron chi connectivity index (χ1n) is 13.2. The van der Waals surface area contributed by atoms with Gasteiger partial charge in [-0.3, -0.25) is 0 Å². The molecule has 0 aliphatic rings. The molecule has 182 valence electrons. The van der Waals surface area contributed by atoms with Gasteiger partial charge in [-0.05, 0) is 0 Å². The maximum absolute atomic E-state index is 2.49. The molecule has 0 radical (unpaired) electrons. The first-order valence-corrected chi connectivity index (χ1v) is 15.7. The van der Waals surface area contributed by atoms with Gasteiger partial charge in [0.2, 0.25) is 0 Å². The Morgan fingerprint density at radius 2 is 1.26 bits per heavy atom. The number of hydrogen-bond acceptors (Lipinski definition) is 1. The van der Waals surface area contributed by atoms with Gasteiger partial charge in [0.25, 0.3) is 0 Å². The summed E-state index contributed by atoms with van der Waals surface area (Å²) in [6, 6.07) is 47.2. The van der Waals surface area contributed by atoms with Gasteiger partial charge >= 0.3 is 236 Å². The van der Waals surface area contributed by atoms with Crippen molar-refractivity contribution < 1.29 is 0 Å². The zero-order chi connectivity index (χ0) is 25.5. The Hall–Kier alpha value is -4.14. The van der Waals surface area contributed by atoms with Gasteiger partial charge in [0.15, 0.2) is 0 Å². The Balaban J connectivity index is 1.49.